The molecular weight excluding hydrogens is 328 g/mol. The van der Waals surface area contributed by atoms with Crippen LogP contribution in [0.1, 0.15) is 45.4 Å². The lowest BCUT2D eigenvalue weighted by Crippen LogP contribution is -2.14. The first kappa shape index (κ1) is 21.8. The van der Waals surface area contributed by atoms with Gasteiger partial charge in [-0.25, -0.2) is 0 Å². The van der Waals surface area contributed by atoms with Gasteiger partial charge in [-0.15, -0.1) is 0 Å². The van der Waals surface area contributed by atoms with Crippen molar-refractivity contribution in [2.45, 2.75) is 51.6 Å². The molecule has 0 spiro atoms. The van der Waals surface area contributed by atoms with Gasteiger partial charge in [0.05, 0.1) is 6.10 Å². The molecule has 0 amide bonds. The van der Waals surface area contributed by atoms with Gasteiger partial charge >= 0.3 is 5.97 Å². The average molecular weight is 358 g/mol. The van der Waals surface area contributed by atoms with Crippen molar-refractivity contribution >= 4 is 11.8 Å². The Morgan fingerprint density at radius 1 is 1.19 bits per heavy atom. The van der Waals surface area contributed by atoms with Crippen LogP contribution in [0.25, 0.3) is 0 Å². The summed E-state index contributed by atoms with van der Waals surface area (Å²) in [7, 11) is 0. The maximum absolute atomic E-state index is 12.0. The Bertz CT molecular complexity index is 581. The fraction of sp³-hybridized carbons (Fsp3) is 0.455. The van der Waals surface area contributed by atoms with Crippen molar-refractivity contribution in [2.75, 3.05) is 0 Å². The normalized spacial score (nSPS) is 21.8. The number of allylic oxidation sites excluding steroid dienone is 8. The Morgan fingerprint density at radius 2 is 1.96 bits per heavy atom. The Hall–Kier alpha value is -2.20. The molecule has 0 aromatic rings. The first-order chi connectivity index (χ1) is 12.5. The molecule has 0 aromatic carbocycles. The number of ketones is 1. The Kier molecular flexibility index (Phi) is 11.0. The van der Waals surface area contributed by atoms with Crippen molar-refractivity contribution in [2.24, 2.45) is 11.8 Å². The van der Waals surface area contributed by atoms with Gasteiger partial charge in [0.2, 0.25) is 0 Å². The summed E-state index contributed by atoms with van der Waals surface area (Å²) in [5.74, 6) is -0.766. The summed E-state index contributed by atoms with van der Waals surface area (Å²) < 4.78 is 0. The summed E-state index contributed by atoms with van der Waals surface area (Å²) in [4.78, 5) is 22.4. The maximum atomic E-state index is 12.0. The van der Waals surface area contributed by atoms with E-state index in [1.54, 1.807) is 12.2 Å². The summed E-state index contributed by atoms with van der Waals surface area (Å²) in [6, 6.07) is 0. The number of aliphatic hydroxyl groups excluding tert-OH is 1. The lowest BCUT2D eigenvalue weighted by Gasteiger charge is -2.13. The highest BCUT2D eigenvalue weighted by molar-refractivity contribution is 5.95. The minimum atomic E-state index is -0.784. The zero-order chi connectivity index (χ0) is 19.2. The van der Waals surface area contributed by atoms with Crippen LogP contribution in [0.2, 0.25) is 0 Å². The number of carboxylic acids is 1. The molecule has 0 fully saturated rings. The molecule has 0 aromatic heterocycles. The van der Waals surface area contributed by atoms with E-state index < -0.39 is 12.1 Å². The first-order valence-electron chi connectivity index (χ1n) is 9.29. The van der Waals surface area contributed by atoms with E-state index in [4.69, 9.17) is 5.11 Å². The molecule has 0 heterocycles. The van der Waals surface area contributed by atoms with Gasteiger partial charge in [0.1, 0.15) is 0 Å². The molecule has 3 atom stereocenters. The molecule has 0 radical (unpaired) electrons. The zero-order valence-electron chi connectivity index (χ0n) is 15.5. The van der Waals surface area contributed by atoms with E-state index in [0.717, 1.165) is 19.3 Å². The first-order valence-corrected chi connectivity index (χ1v) is 9.29. The van der Waals surface area contributed by atoms with Crippen LogP contribution in [0.5, 0.6) is 0 Å². The van der Waals surface area contributed by atoms with Gasteiger partial charge in [-0.05, 0) is 44.1 Å². The molecule has 4 heteroatoms. The molecule has 0 saturated heterocycles. The van der Waals surface area contributed by atoms with Crippen molar-refractivity contribution in [3.63, 3.8) is 0 Å². The molecule has 4 nitrogen and oxygen atoms in total. The van der Waals surface area contributed by atoms with E-state index in [1.807, 2.05) is 49.5 Å². The molecule has 0 bridgehead atoms. The molecule has 0 unspecified atom stereocenters. The third kappa shape index (κ3) is 9.33. The van der Waals surface area contributed by atoms with E-state index in [0.29, 0.717) is 12.8 Å². The maximum Gasteiger partial charge on any atom is 0.303 e. The van der Waals surface area contributed by atoms with Gasteiger partial charge in [0.25, 0.3) is 0 Å². The SMILES string of the molecule is CC/C=C\C[C@@H](O)/C=C/[C@H]1C(=O)C=C[C@H]1C/C=C\C/C=C\CCC(=O)O. The average Bonchev–Trinajstić information content (AvgIpc) is 2.95. The highest BCUT2D eigenvalue weighted by atomic mass is 16.4. The quantitative estimate of drug-likeness (QED) is 0.507. The number of carbonyl (C=O) groups excluding carboxylic acids is 1. The predicted molar refractivity (Wildman–Crippen MR) is 105 cm³/mol. The molecule has 1 aliphatic carbocycles. The third-order valence-corrected chi connectivity index (χ3v) is 4.16. The fourth-order valence-corrected chi connectivity index (χ4v) is 2.70. The van der Waals surface area contributed by atoms with E-state index in [2.05, 4.69) is 6.08 Å². The van der Waals surface area contributed by atoms with Gasteiger partial charge in [0, 0.05) is 12.3 Å². The van der Waals surface area contributed by atoms with Crippen molar-refractivity contribution in [1.82, 2.24) is 0 Å². The summed E-state index contributed by atoms with van der Waals surface area (Å²) >= 11 is 0. The molecule has 2 N–H and O–H groups in total. The standard InChI is InChI=1S/C22H30O4/c1-2-3-8-12-19(23)15-16-20-18(14-17-21(20)24)11-9-6-4-5-7-10-13-22(25)26/h3,5-9,14-20,23H,2,4,10-13H2,1H3,(H,25,26)/b7-5-,8-3-,9-6-,16-15+/t18-,19-,20-/m1/s1. The van der Waals surface area contributed by atoms with E-state index in [-0.39, 0.29) is 24.0 Å². The second kappa shape index (κ2) is 13.1. The Labute approximate surface area is 156 Å². The lowest BCUT2D eigenvalue weighted by molar-refractivity contribution is -0.136. The van der Waals surface area contributed by atoms with Crippen LogP contribution in [-0.2, 0) is 9.59 Å². The summed E-state index contributed by atoms with van der Waals surface area (Å²) in [5, 5.41) is 18.5. The van der Waals surface area contributed by atoms with E-state index in [9.17, 15) is 14.7 Å². The molecule has 1 rings (SSSR count). The van der Waals surface area contributed by atoms with Crippen molar-refractivity contribution in [3.8, 4) is 0 Å². The number of hydrogen-bond donors (Lipinski definition) is 2. The van der Waals surface area contributed by atoms with Crippen LogP contribution in [-0.4, -0.2) is 28.1 Å². The highest BCUT2D eigenvalue weighted by Gasteiger charge is 2.26. The van der Waals surface area contributed by atoms with E-state index >= 15 is 0 Å². The Balaban J connectivity index is 2.39. The van der Waals surface area contributed by atoms with Crippen LogP contribution in [0.3, 0.4) is 0 Å². The number of carboxylic acid groups (broad SMARTS) is 1. The van der Waals surface area contributed by atoms with Crippen molar-refractivity contribution < 1.29 is 19.8 Å². The molecule has 0 saturated carbocycles. The molecule has 142 valence electrons. The van der Waals surface area contributed by atoms with Gasteiger partial charge < -0.3 is 10.2 Å². The summed E-state index contributed by atoms with van der Waals surface area (Å²) in [6.07, 6.45) is 22.2. The van der Waals surface area contributed by atoms with Gasteiger partial charge in [0.15, 0.2) is 5.78 Å². The second-order valence-corrected chi connectivity index (χ2v) is 6.37. The smallest absolute Gasteiger partial charge is 0.303 e. The summed E-state index contributed by atoms with van der Waals surface area (Å²) in [6.45, 7) is 2.05. The fourth-order valence-electron chi connectivity index (χ4n) is 2.70. The zero-order valence-corrected chi connectivity index (χ0v) is 15.5. The van der Waals surface area contributed by atoms with Crippen LogP contribution in [0.15, 0.2) is 60.8 Å². The highest BCUT2D eigenvalue weighted by Crippen LogP contribution is 2.27. The summed E-state index contributed by atoms with van der Waals surface area (Å²) in [5.41, 5.74) is 0. The van der Waals surface area contributed by atoms with E-state index in [1.165, 1.54) is 0 Å². The molecular formula is C22H30O4. The van der Waals surface area contributed by atoms with Gasteiger partial charge in [-0.3, -0.25) is 9.59 Å². The minimum Gasteiger partial charge on any atom is -0.481 e. The minimum absolute atomic E-state index is 0.0875. The van der Waals surface area contributed by atoms with Crippen molar-refractivity contribution in [3.05, 3.63) is 60.8 Å². The van der Waals surface area contributed by atoms with Crippen LogP contribution in [0, 0.1) is 11.8 Å². The van der Waals surface area contributed by atoms with Crippen LogP contribution < -0.4 is 0 Å². The monoisotopic (exact) mass is 358 g/mol. The number of hydrogen-bond acceptors (Lipinski definition) is 3. The van der Waals surface area contributed by atoms with Crippen LogP contribution in [0.4, 0.5) is 0 Å². The molecule has 1 aliphatic rings. The van der Waals surface area contributed by atoms with Crippen molar-refractivity contribution in [1.29, 1.82) is 0 Å². The predicted octanol–water partition coefficient (Wildman–Crippen LogP) is 4.39. The van der Waals surface area contributed by atoms with Crippen LogP contribution >= 0.6 is 0 Å². The number of carbonyl (C=O) groups is 2. The lowest BCUT2D eigenvalue weighted by atomic mass is 9.91. The molecule has 26 heavy (non-hydrogen) atoms. The largest absolute Gasteiger partial charge is 0.481 e. The molecule has 0 aliphatic heterocycles. The van der Waals surface area contributed by atoms with Gasteiger partial charge in [-0.1, -0.05) is 61.6 Å². The topological polar surface area (TPSA) is 74.6 Å². The second-order valence-electron chi connectivity index (χ2n) is 6.37. The number of rotatable bonds is 12. The Morgan fingerprint density at radius 3 is 2.69 bits per heavy atom. The number of aliphatic hydroxyl groups is 1. The third-order valence-electron chi connectivity index (χ3n) is 4.16. The van der Waals surface area contributed by atoms with Gasteiger partial charge in [-0.2, -0.15) is 0 Å². The number of aliphatic carboxylic acids is 1.